The third-order valence-electron chi connectivity index (χ3n) is 4.61. The largest absolute Gasteiger partial charge is 0.364 e. The number of hydrogen-bond acceptors (Lipinski definition) is 8. The standard InChI is InChI=1S/C20H24N6O2/c1-13-9-16(23-20(21-3)22-13)19-24-18(25-28-19)17-12-26(10-14(2)27-17)11-15-7-5-4-6-8-15/h4-9,14,17H,10-12H2,1-3H3,(H,21,22,23)/t14-,17+/m1/s1. The molecule has 1 fully saturated rings. The minimum absolute atomic E-state index is 0.0848. The van der Waals surface area contributed by atoms with Crippen molar-refractivity contribution >= 4 is 5.95 Å². The fraction of sp³-hybridized carbons (Fsp3) is 0.400. The Hall–Kier alpha value is -2.84. The van der Waals surface area contributed by atoms with Crippen molar-refractivity contribution in [3.63, 3.8) is 0 Å². The monoisotopic (exact) mass is 380 g/mol. The highest BCUT2D eigenvalue weighted by atomic mass is 16.5. The normalized spacial score (nSPS) is 20.2. The third kappa shape index (κ3) is 4.18. The van der Waals surface area contributed by atoms with Crippen LogP contribution in [0.3, 0.4) is 0 Å². The summed E-state index contributed by atoms with van der Waals surface area (Å²) < 4.78 is 11.6. The zero-order valence-electron chi connectivity index (χ0n) is 16.3. The van der Waals surface area contributed by atoms with E-state index in [1.165, 1.54) is 5.56 Å². The number of morpholine rings is 1. The molecule has 8 nitrogen and oxygen atoms in total. The highest BCUT2D eigenvalue weighted by molar-refractivity contribution is 5.50. The van der Waals surface area contributed by atoms with Crippen LogP contribution in [0.1, 0.15) is 30.1 Å². The van der Waals surface area contributed by atoms with Crippen LogP contribution in [0.25, 0.3) is 11.6 Å². The van der Waals surface area contributed by atoms with E-state index in [1.807, 2.05) is 19.1 Å². The van der Waals surface area contributed by atoms with Crippen LogP contribution in [0.15, 0.2) is 40.9 Å². The number of rotatable bonds is 5. The number of benzene rings is 1. The summed E-state index contributed by atoms with van der Waals surface area (Å²) in [6.07, 6.45) is -0.154. The van der Waals surface area contributed by atoms with Crippen molar-refractivity contribution in [2.45, 2.75) is 32.6 Å². The predicted octanol–water partition coefficient (Wildman–Crippen LogP) is 2.84. The summed E-state index contributed by atoms with van der Waals surface area (Å²) in [5, 5.41) is 7.10. The molecule has 146 valence electrons. The molecular weight excluding hydrogens is 356 g/mol. The summed E-state index contributed by atoms with van der Waals surface area (Å²) >= 11 is 0. The Morgan fingerprint density at radius 3 is 2.75 bits per heavy atom. The number of aromatic nitrogens is 4. The summed E-state index contributed by atoms with van der Waals surface area (Å²) in [6, 6.07) is 12.3. The molecule has 8 heteroatoms. The van der Waals surface area contributed by atoms with Crippen molar-refractivity contribution in [2.75, 3.05) is 25.5 Å². The van der Waals surface area contributed by atoms with Gasteiger partial charge in [0.05, 0.1) is 6.10 Å². The van der Waals surface area contributed by atoms with E-state index >= 15 is 0 Å². The Balaban J connectivity index is 1.52. The molecular formula is C20H24N6O2. The molecule has 0 saturated carbocycles. The van der Waals surface area contributed by atoms with Crippen LogP contribution in [-0.2, 0) is 11.3 Å². The first-order valence-electron chi connectivity index (χ1n) is 9.40. The lowest BCUT2D eigenvalue weighted by atomic mass is 10.1. The lowest BCUT2D eigenvalue weighted by Gasteiger charge is -2.35. The number of nitrogens with zero attached hydrogens (tertiary/aromatic N) is 5. The first-order chi connectivity index (χ1) is 13.6. The maximum atomic E-state index is 6.09. The molecule has 4 rings (SSSR count). The molecule has 0 radical (unpaired) electrons. The van der Waals surface area contributed by atoms with Gasteiger partial charge in [0.2, 0.25) is 11.8 Å². The first-order valence-corrected chi connectivity index (χ1v) is 9.40. The van der Waals surface area contributed by atoms with Crippen molar-refractivity contribution in [3.8, 4) is 11.6 Å². The van der Waals surface area contributed by atoms with Crippen LogP contribution >= 0.6 is 0 Å². The number of anilines is 1. The maximum Gasteiger partial charge on any atom is 0.276 e. The minimum Gasteiger partial charge on any atom is -0.364 e. The van der Waals surface area contributed by atoms with Crippen LogP contribution < -0.4 is 5.32 Å². The van der Waals surface area contributed by atoms with Gasteiger partial charge in [0, 0.05) is 32.4 Å². The molecule has 2 atom stereocenters. The SMILES string of the molecule is CNc1nc(C)cc(-c2nc([C@@H]3CN(Cc4ccccc4)C[C@@H](C)O3)no2)n1. The van der Waals surface area contributed by atoms with Crippen LogP contribution in [0.2, 0.25) is 0 Å². The predicted molar refractivity (Wildman–Crippen MR) is 105 cm³/mol. The van der Waals surface area contributed by atoms with Crippen molar-refractivity contribution < 1.29 is 9.26 Å². The van der Waals surface area contributed by atoms with Gasteiger partial charge in [-0.25, -0.2) is 9.97 Å². The molecule has 3 heterocycles. The molecule has 0 unspecified atom stereocenters. The quantitative estimate of drug-likeness (QED) is 0.723. The summed E-state index contributed by atoms with van der Waals surface area (Å²) in [5.74, 6) is 1.43. The minimum atomic E-state index is -0.239. The third-order valence-corrected chi connectivity index (χ3v) is 4.61. The van der Waals surface area contributed by atoms with E-state index in [0.717, 1.165) is 18.8 Å². The topological polar surface area (TPSA) is 89.2 Å². The van der Waals surface area contributed by atoms with Crippen molar-refractivity contribution in [2.24, 2.45) is 0 Å². The second-order valence-electron chi connectivity index (χ2n) is 7.04. The van der Waals surface area contributed by atoms with E-state index in [9.17, 15) is 0 Å². The van der Waals surface area contributed by atoms with Gasteiger partial charge in [-0.1, -0.05) is 35.5 Å². The average molecular weight is 380 g/mol. The molecule has 0 aliphatic carbocycles. The molecule has 1 aliphatic heterocycles. The zero-order chi connectivity index (χ0) is 19.5. The molecule has 0 bridgehead atoms. The zero-order valence-corrected chi connectivity index (χ0v) is 16.3. The molecule has 1 aromatic carbocycles. The Labute approximate surface area is 164 Å². The fourth-order valence-electron chi connectivity index (χ4n) is 3.41. The van der Waals surface area contributed by atoms with Gasteiger partial charge in [-0.3, -0.25) is 4.90 Å². The lowest BCUT2D eigenvalue weighted by Crippen LogP contribution is -2.42. The van der Waals surface area contributed by atoms with Gasteiger partial charge in [0.1, 0.15) is 11.8 Å². The molecule has 1 aliphatic rings. The molecule has 28 heavy (non-hydrogen) atoms. The van der Waals surface area contributed by atoms with E-state index in [1.54, 1.807) is 7.05 Å². The van der Waals surface area contributed by atoms with Crippen molar-refractivity contribution in [1.29, 1.82) is 0 Å². The highest BCUT2D eigenvalue weighted by Crippen LogP contribution is 2.26. The first kappa shape index (κ1) is 18.5. The van der Waals surface area contributed by atoms with E-state index < -0.39 is 0 Å². The van der Waals surface area contributed by atoms with Gasteiger partial charge in [-0.2, -0.15) is 4.98 Å². The smallest absolute Gasteiger partial charge is 0.276 e. The number of nitrogens with one attached hydrogen (secondary N) is 1. The average Bonchev–Trinajstić information content (AvgIpc) is 3.18. The van der Waals surface area contributed by atoms with Gasteiger partial charge in [0.25, 0.3) is 5.89 Å². The summed E-state index contributed by atoms with van der Waals surface area (Å²) in [7, 11) is 1.77. The fourth-order valence-corrected chi connectivity index (χ4v) is 3.41. The molecule has 2 aromatic heterocycles. The highest BCUT2D eigenvalue weighted by Gasteiger charge is 2.30. The van der Waals surface area contributed by atoms with Gasteiger partial charge >= 0.3 is 0 Å². The molecule has 3 aromatic rings. The van der Waals surface area contributed by atoms with Crippen LogP contribution in [0.4, 0.5) is 5.95 Å². The molecule has 0 spiro atoms. The summed E-state index contributed by atoms with van der Waals surface area (Å²) in [5.41, 5.74) is 2.70. The summed E-state index contributed by atoms with van der Waals surface area (Å²) in [6.45, 7) is 6.41. The van der Waals surface area contributed by atoms with Gasteiger partial charge in [-0.05, 0) is 25.5 Å². The van der Waals surface area contributed by atoms with Crippen molar-refractivity contribution in [3.05, 3.63) is 53.5 Å². The second kappa shape index (κ2) is 8.04. The number of hydrogen-bond donors (Lipinski definition) is 1. The van der Waals surface area contributed by atoms with Gasteiger partial charge in [0.15, 0.2) is 0 Å². The van der Waals surface area contributed by atoms with Crippen LogP contribution in [-0.4, -0.2) is 51.2 Å². The number of aryl methyl sites for hydroxylation is 1. The second-order valence-corrected chi connectivity index (χ2v) is 7.04. The lowest BCUT2D eigenvalue weighted by molar-refractivity contribution is -0.0856. The Morgan fingerprint density at radius 2 is 1.96 bits per heavy atom. The van der Waals surface area contributed by atoms with Crippen molar-refractivity contribution in [1.82, 2.24) is 25.0 Å². The molecule has 1 N–H and O–H groups in total. The Kier molecular flexibility index (Phi) is 5.31. The van der Waals surface area contributed by atoms with E-state index in [0.29, 0.717) is 29.9 Å². The summed E-state index contributed by atoms with van der Waals surface area (Å²) in [4.78, 5) is 15.6. The van der Waals surface area contributed by atoms with Crippen LogP contribution in [0.5, 0.6) is 0 Å². The maximum absolute atomic E-state index is 6.09. The van der Waals surface area contributed by atoms with Crippen LogP contribution in [0, 0.1) is 6.92 Å². The van der Waals surface area contributed by atoms with E-state index in [-0.39, 0.29) is 12.2 Å². The Bertz CT molecular complexity index is 929. The molecule has 1 saturated heterocycles. The molecule has 0 amide bonds. The van der Waals surface area contributed by atoms with E-state index in [2.05, 4.69) is 61.5 Å². The Morgan fingerprint density at radius 1 is 1.14 bits per heavy atom. The number of ether oxygens (including phenoxy) is 1. The van der Waals surface area contributed by atoms with Gasteiger partial charge < -0.3 is 14.6 Å². The van der Waals surface area contributed by atoms with E-state index in [4.69, 9.17) is 9.26 Å². The van der Waals surface area contributed by atoms with Gasteiger partial charge in [-0.15, -0.1) is 0 Å².